The second-order valence-corrected chi connectivity index (χ2v) is 4.90. The van der Waals surface area contributed by atoms with E-state index in [9.17, 15) is 5.11 Å². The largest absolute Gasteiger partial charge is 0.393 e. The molecule has 94 valence electrons. The van der Waals surface area contributed by atoms with Gasteiger partial charge >= 0.3 is 0 Å². The summed E-state index contributed by atoms with van der Waals surface area (Å²) >= 11 is 1.52. The molecular formula is C11H18N4OS. The van der Waals surface area contributed by atoms with Crippen LogP contribution in [-0.2, 0) is 0 Å². The quantitative estimate of drug-likeness (QED) is 0.547. The molecule has 0 aliphatic heterocycles. The Hall–Kier alpha value is -1.01. The average molecular weight is 254 g/mol. The lowest BCUT2D eigenvalue weighted by Gasteiger charge is -2.32. The van der Waals surface area contributed by atoms with Crippen molar-refractivity contribution in [2.45, 2.75) is 37.1 Å². The van der Waals surface area contributed by atoms with E-state index in [2.05, 4.69) is 20.6 Å². The minimum Gasteiger partial charge on any atom is -0.393 e. The number of nitrogens with zero attached hydrogens (tertiary/aromatic N) is 2. The van der Waals surface area contributed by atoms with Gasteiger partial charge in [0.25, 0.3) is 0 Å². The number of hydrogen-bond acceptors (Lipinski definition) is 6. The molecule has 1 aromatic rings. The third-order valence-electron chi connectivity index (χ3n) is 2.71. The maximum absolute atomic E-state index is 9.25. The molecule has 5 nitrogen and oxygen atoms in total. The molecule has 1 aliphatic carbocycles. The maximum Gasteiger partial charge on any atom is 0.191 e. The highest BCUT2D eigenvalue weighted by Gasteiger charge is 2.27. The van der Waals surface area contributed by atoms with Crippen LogP contribution >= 0.6 is 11.8 Å². The van der Waals surface area contributed by atoms with Crippen LogP contribution in [0.2, 0.25) is 0 Å². The van der Waals surface area contributed by atoms with Crippen LogP contribution in [0.3, 0.4) is 0 Å². The summed E-state index contributed by atoms with van der Waals surface area (Å²) in [7, 11) is 0. The average Bonchev–Trinajstić information content (AvgIpc) is 2.27. The highest BCUT2D eigenvalue weighted by Crippen LogP contribution is 2.25. The lowest BCUT2D eigenvalue weighted by molar-refractivity contribution is 0.0835. The van der Waals surface area contributed by atoms with E-state index in [-0.39, 0.29) is 6.10 Å². The van der Waals surface area contributed by atoms with Gasteiger partial charge in [0.1, 0.15) is 11.6 Å². The first kappa shape index (κ1) is 12.4. The Balaban J connectivity index is 2.06. The standard InChI is InChI=1S/C11H18N4OS/c1-3-12-9-6-10(15-11(14-9)17-2)13-7-4-8(16)5-7/h6-8,16H,3-5H2,1-2H3,(H2,12,13,14,15). The normalized spacial score (nSPS) is 23.0. The van der Waals surface area contributed by atoms with E-state index >= 15 is 0 Å². The summed E-state index contributed by atoms with van der Waals surface area (Å²) in [6.07, 6.45) is 3.41. The van der Waals surface area contributed by atoms with Crippen LogP contribution in [0.15, 0.2) is 11.2 Å². The zero-order valence-electron chi connectivity index (χ0n) is 10.1. The molecule has 2 rings (SSSR count). The number of aliphatic hydroxyl groups excluding tert-OH is 1. The first-order chi connectivity index (χ1) is 8.21. The third kappa shape index (κ3) is 3.23. The fraction of sp³-hybridized carbons (Fsp3) is 0.636. The Kier molecular flexibility index (Phi) is 4.06. The van der Waals surface area contributed by atoms with Gasteiger partial charge in [-0.3, -0.25) is 0 Å². The van der Waals surface area contributed by atoms with Crippen LogP contribution in [0.5, 0.6) is 0 Å². The summed E-state index contributed by atoms with van der Waals surface area (Å²) < 4.78 is 0. The zero-order chi connectivity index (χ0) is 12.3. The molecule has 17 heavy (non-hydrogen) atoms. The van der Waals surface area contributed by atoms with Crippen molar-refractivity contribution in [3.05, 3.63) is 6.07 Å². The minimum atomic E-state index is -0.150. The SMILES string of the molecule is CCNc1cc(NC2CC(O)C2)nc(SC)n1. The van der Waals surface area contributed by atoms with Crippen LogP contribution < -0.4 is 10.6 Å². The van der Waals surface area contributed by atoms with E-state index in [1.165, 1.54) is 11.8 Å². The van der Waals surface area contributed by atoms with Crippen molar-refractivity contribution < 1.29 is 5.11 Å². The second-order valence-electron chi connectivity index (χ2n) is 4.12. The predicted octanol–water partition coefficient (Wildman–Crippen LogP) is 1.57. The van der Waals surface area contributed by atoms with Gasteiger partial charge in [0, 0.05) is 18.7 Å². The van der Waals surface area contributed by atoms with Crippen LogP contribution in [0, 0.1) is 0 Å². The molecule has 1 fully saturated rings. The monoisotopic (exact) mass is 254 g/mol. The van der Waals surface area contributed by atoms with Gasteiger partial charge in [-0.15, -0.1) is 0 Å². The van der Waals surface area contributed by atoms with Gasteiger partial charge < -0.3 is 15.7 Å². The fourth-order valence-electron chi connectivity index (χ4n) is 1.78. The first-order valence-corrected chi connectivity index (χ1v) is 7.05. The molecule has 0 unspecified atom stereocenters. The van der Waals surface area contributed by atoms with Gasteiger partial charge in [-0.05, 0) is 26.0 Å². The molecule has 0 saturated heterocycles. The molecule has 3 N–H and O–H groups in total. The molecule has 1 aromatic heterocycles. The topological polar surface area (TPSA) is 70.1 Å². The molecule has 0 amide bonds. The molecule has 0 aromatic carbocycles. The maximum atomic E-state index is 9.25. The molecule has 0 bridgehead atoms. The van der Waals surface area contributed by atoms with E-state index < -0.39 is 0 Å². The number of thioether (sulfide) groups is 1. The third-order valence-corrected chi connectivity index (χ3v) is 3.26. The van der Waals surface area contributed by atoms with Crippen LogP contribution in [0.1, 0.15) is 19.8 Å². The number of nitrogens with one attached hydrogen (secondary N) is 2. The highest BCUT2D eigenvalue weighted by molar-refractivity contribution is 7.98. The molecule has 0 spiro atoms. The van der Waals surface area contributed by atoms with E-state index in [0.717, 1.165) is 36.2 Å². The lowest BCUT2D eigenvalue weighted by atomic mass is 9.89. The Labute approximate surface area is 105 Å². The summed E-state index contributed by atoms with van der Waals surface area (Å²) in [5.41, 5.74) is 0. The van der Waals surface area contributed by atoms with Gasteiger partial charge in [0.2, 0.25) is 0 Å². The number of rotatable bonds is 5. The van der Waals surface area contributed by atoms with Gasteiger partial charge in [-0.1, -0.05) is 11.8 Å². The minimum absolute atomic E-state index is 0.150. The van der Waals surface area contributed by atoms with Gasteiger partial charge in [0.05, 0.1) is 6.10 Å². The molecule has 1 heterocycles. The smallest absolute Gasteiger partial charge is 0.191 e. The summed E-state index contributed by atoms with van der Waals surface area (Å²) in [5.74, 6) is 1.67. The van der Waals surface area contributed by atoms with Crippen LogP contribution in [0.4, 0.5) is 11.6 Å². The van der Waals surface area contributed by atoms with Crippen molar-refractivity contribution in [2.24, 2.45) is 0 Å². The summed E-state index contributed by atoms with van der Waals surface area (Å²) in [5, 5.41) is 16.5. The van der Waals surface area contributed by atoms with E-state index in [1.807, 2.05) is 19.2 Å². The molecule has 6 heteroatoms. The fourth-order valence-corrected chi connectivity index (χ4v) is 2.16. The predicted molar refractivity (Wildman–Crippen MR) is 70.6 cm³/mol. The van der Waals surface area contributed by atoms with Crippen molar-refractivity contribution in [1.82, 2.24) is 9.97 Å². The molecule has 1 aliphatic rings. The van der Waals surface area contributed by atoms with Crippen molar-refractivity contribution in [3.63, 3.8) is 0 Å². The Bertz CT molecular complexity index is 382. The number of aromatic nitrogens is 2. The molecule has 0 atom stereocenters. The molecule has 0 radical (unpaired) electrons. The number of anilines is 2. The van der Waals surface area contributed by atoms with E-state index in [0.29, 0.717) is 6.04 Å². The van der Waals surface area contributed by atoms with Crippen LogP contribution in [-0.4, -0.2) is 40.0 Å². The van der Waals surface area contributed by atoms with Crippen molar-refractivity contribution >= 4 is 23.4 Å². The Morgan fingerprint density at radius 1 is 1.41 bits per heavy atom. The second kappa shape index (κ2) is 5.55. The number of aliphatic hydroxyl groups is 1. The first-order valence-electron chi connectivity index (χ1n) is 5.82. The summed E-state index contributed by atoms with van der Waals surface area (Å²) in [4.78, 5) is 8.76. The Morgan fingerprint density at radius 2 is 2.12 bits per heavy atom. The van der Waals surface area contributed by atoms with Gasteiger partial charge in [-0.2, -0.15) is 0 Å². The van der Waals surface area contributed by atoms with E-state index in [4.69, 9.17) is 0 Å². The lowest BCUT2D eigenvalue weighted by Crippen LogP contribution is -2.39. The zero-order valence-corrected chi connectivity index (χ0v) is 10.9. The van der Waals surface area contributed by atoms with Gasteiger partial charge in [-0.25, -0.2) is 9.97 Å². The molecule has 1 saturated carbocycles. The van der Waals surface area contributed by atoms with E-state index in [1.54, 1.807) is 0 Å². The number of hydrogen-bond donors (Lipinski definition) is 3. The summed E-state index contributed by atoms with van der Waals surface area (Å²) in [6.45, 7) is 2.88. The Morgan fingerprint density at radius 3 is 2.71 bits per heavy atom. The summed E-state index contributed by atoms with van der Waals surface area (Å²) in [6, 6.07) is 2.25. The van der Waals surface area contributed by atoms with Gasteiger partial charge in [0.15, 0.2) is 5.16 Å². The van der Waals surface area contributed by atoms with Crippen LogP contribution in [0.25, 0.3) is 0 Å². The van der Waals surface area contributed by atoms with Crippen molar-refractivity contribution in [3.8, 4) is 0 Å². The van der Waals surface area contributed by atoms with Crippen molar-refractivity contribution in [1.29, 1.82) is 0 Å². The molecular weight excluding hydrogens is 236 g/mol. The van der Waals surface area contributed by atoms with Crippen molar-refractivity contribution in [2.75, 3.05) is 23.4 Å². The highest BCUT2D eigenvalue weighted by atomic mass is 32.2.